The number of methoxy groups -OCH3 is 1. The van der Waals surface area contributed by atoms with Gasteiger partial charge in [0.05, 0.1) is 18.5 Å². The highest BCUT2D eigenvalue weighted by Gasteiger charge is 2.10. The van der Waals surface area contributed by atoms with Crippen LogP contribution in [-0.4, -0.2) is 23.1 Å². The Kier molecular flexibility index (Phi) is 4.79. The van der Waals surface area contributed by atoms with Gasteiger partial charge in [0.2, 0.25) is 0 Å². The van der Waals surface area contributed by atoms with Gasteiger partial charge in [-0.25, -0.2) is 4.68 Å². The molecular formula is C23H19N3O. The van der Waals surface area contributed by atoms with E-state index in [9.17, 15) is 0 Å². The van der Waals surface area contributed by atoms with Gasteiger partial charge in [-0.15, -0.1) is 0 Å². The van der Waals surface area contributed by atoms with Crippen molar-refractivity contribution in [3.63, 3.8) is 0 Å². The van der Waals surface area contributed by atoms with Gasteiger partial charge >= 0.3 is 0 Å². The van der Waals surface area contributed by atoms with Crippen LogP contribution in [0.1, 0.15) is 5.56 Å². The van der Waals surface area contributed by atoms with Gasteiger partial charge in [-0.2, -0.15) is 5.10 Å². The Morgan fingerprint density at radius 2 is 1.52 bits per heavy atom. The molecule has 0 radical (unpaired) electrons. The fourth-order valence-electron chi connectivity index (χ4n) is 2.83. The van der Waals surface area contributed by atoms with Gasteiger partial charge < -0.3 is 4.74 Å². The summed E-state index contributed by atoms with van der Waals surface area (Å²) in [5, 5.41) is 4.80. The average molecular weight is 353 g/mol. The number of aliphatic imine (C=N–C) groups is 1. The first-order valence-corrected chi connectivity index (χ1v) is 8.72. The second kappa shape index (κ2) is 7.70. The smallest absolute Gasteiger partial charge is 0.119 e. The highest BCUT2D eigenvalue weighted by molar-refractivity contribution is 5.90. The second-order valence-corrected chi connectivity index (χ2v) is 6.04. The molecule has 0 atom stereocenters. The van der Waals surface area contributed by atoms with Crippen molar-refractivity contribution in [3.05, 3.63) is 96.7 Å². The van der Waals surface area contributed by atoms with Gasteiger partial charge in [-0.1, -0.05) is 48.5 Å². The van der Waals surface area contributed by atoms with Crippen LogP contribution in [0.3, 0.4) is 0 Å². The number of ether oxygens (including phenoxy) is 1. The topological polar surface area (TPSA) is 39.4 Å². The minimum Gasteiger partial charge on any atom is -0.497 e. The molecule has 27 heavy (non-hydrogen) atoms. The summed E-state index contributed by atoms with van der Waals surface area (Å²) in [7, 11) is 1.66. The molecule has 0 aliphatic rings. The Bertz CT molecular complexity index is 1040. The van der Waals surface area contributed by atoms with E-state index < -0.39 is 0 Å². The van der Waals surface area contributed by atoms with Crippen molar-refractivity contribution in [2.45, 2.75) is 0 Å². The highest BCUT2D eigenvalue weighted by atomic mass is 16.5. The molecule has 0 fully saturated rings. The zero-order chi connectivity index (χ0) is 18.5. The predicted molar refractivity (Wildman–Crippen MR) is 109 cm³/mol. The minimum atomic E-state index is 0.816. The van der Waals surface area contributed by atoms with Gasteiger partial charge in [0.25, 0.3) is 0 Å². The average Bonchev–Trinajstić information content (AvgIpc) is 3.18. The van der Waals surface area contributed by atoms with Crippen LogP contribution >= 0.6 is 0 Å². The van der Waals surface area contributed by atoms with E-state index in [2.05, 4.69) is 17.1 Å². The molecule has 0 bridgehead atoms. The maximum Gasteiger partial charge on any atom is 0.119 e. The maximum absolute atomic E-state index is 5.20. The van der Waals surface area contributed by atoms with E-state index in [4.69, 9.17) is 9.84 Å². The van der Waals surface area contributed by atoms with Crippen LogP contribution in [0.2, 0.25) is 0 Å². The number of hydrogen-bond donors (Lipinski definition) is 0. The van der Waals surface area contributed by atoms with Gasteiger partial charge in [0, 0.05) is 23.5 Å². The number of aromatic nitrogens is 2. The molecule has 0 N–H and O–H groups in total. The second-order valence-electron chi connectivity index (χ2n) is 6.04. The lowest BCUT2D eigenvalue weighted by Crippen LogP contribution is -1.93. The summed E-state index contributed by atoms with van der Waals surface area (Å²) in [6, 6.07) is 27.9. The first kappa shape index (κ1) is 16.8. The third kappa shape index (κ3) is 3.80. The molecule has 3 aromatic carbocycles. The monoisotopic (exact) mass is 353 g/mol. The molecule has 4 nitrogen and oxygen atoms in total. The quantitative estimate of drug-likeness (QED) is 0.457. The number of para-hydroxylation sites is 1. The minimum absolute atomic E-state index is 0.816. The van der Waals surface area contributed by atoms with Crippen LogP contribution in [-0.2, 0) is 0 Å². The molecule has 4 rings (SSSR count). The van der Waals surface area contributed by atoms with Crippen LogP contribution in [0.4, 0.5) is 5.69 Å². The van der Waals surface area contributed by atoms with E-state index in [0.717, 1.165) is 33.9 Å². The van der Waals surface area contributed by atoms with Crippen LogP contribution in [0.5, 0.6) is 5.75 Å². The Morgan fingerprint density at radius 1 is 0.852 bits per heavy atom. The van der Waals surface area contributed by atoms with E-state index in [0.29, 0.717) is 0 Å². The summed E-state index contributed by atoms with van der Waals surface area (Å²) in [6.07, 6.45) is 3.86. The van der Waals surface area contributed by atoms with E-state index in [1.54, 1.807) is 7.11 Å². The van der Waals surface area contributed by atoms with Crippen LogP contribution < -0.4 is 4.74 Å². The largest absolute Gasteiger partial charge is 0.497 e. The van der Waals surface area contributed by atoms with Crippen molar-refractivity contribution >= 4 is 11.9 Å². The Balaban J connectivity index is 1.73. The summed E-state index contributed by atoms with van der Waals surface area (Å²) >= 11 is 0. The van der Waals surface area contributed by atoms with Crippen molar-refractivity contribution < 1.29 is 4.74 Å². The molecule has 1 aromatic heterocycles. The van der Waals surface area contributed by atoms with E-state index in [-0.39, 0.29) is 0 Å². The molecule has 4 heteroatoms. The fraction of sp³-hybridized carbons (Fsp3) is 0.0435. The van der Waals surface area contributed by atoms with Crippen LogP contribution in [0.25, 0.3) is 16.9 Å². The normalized spacial score (nSPS) is 11.0. The van der Waals surface area contributed by atoms with Gasteiger partial charge in [0.15, 0.2) is 0 Å². The highest BCUT2D eigenvalue weighted by Crippen LogP contribution is 2.24. The Labute approximate surface area is 158 Å². The molecule has 1 heterocycles. The molecule has 132 valence electrons. The molecule has 0 spiro atoms. The number of hydrogen-bond acceptors (Lipinski definition) is 3. The van der Waals surface area contributed by atoms with E-state index in [1.165, 1.54) is 0 Å². The molecular weight excluding hydrogens is 334 g/mol. The summed E-state index contributed by atoms with van der Waals surface area (Å²) in [4.78, 5) is 4.61. The lowest BCUT2D eigenvalue weighted by atomic mass is 10.1. The standard InChI is InChI=1S/C23H19N3O/c1-27-22-14-12-20(13-15-22)24-16-19-17-26(21-10-6-3-7-11-21)25-23(19)18-8-4-2-5-9-18/h2-17H,1H3/b24-16+. The lowest BCUT2D eigenvalue weighted by molar-refractivity contribution is 0.415. The van der Waals surface area contributed by atoms with Gasteiger partial charge in [0.1, 0.15) is 11.4 Å². The summed E-state index contributed by atoms with van der Waals surface area (Å²) in [5.74, 6) is 0.816. The molecule has 0 saturated heterocycles. The summed E-state index contributed by atoms with van der Waals surface area (Å²) in [6.45, 7) is 0. The molecule has 0 amide bonds. The molecule has 0 aliphatic carbocycles. The van der Waals surface area contributed by atoms with Crippen LogP contribution in [0, 0.1) is 0 Å². The number of rotatable bonds is 5. The zero-order valence-electron chi connectivity index (χ0n) is 15.0. The maximum atomic E-state index is 5.20. The summed E-state index contributed by atoms with van der Waals surface area (Å²) < 4.78 is 7.08. The fourth-order valence-corrected chi connectivity index (χ4v) is 2.83. The molecule has 0 saturated carbocycles. The van der Waals surface area contributed by atoms with E-state index >= 15 is 0 Å². The summed E-state index contributed by atoms with van der Waals surface area (Å²) in [5.41, 5.74) is 4.79. The van der Waals surface area contributed by atoms with Crippen molar-refractivity contribution in [2.75, 3.05) is 7.11 Å². The van der Waals surface area contributed by atoms with Crippen molar-refractivity contribution in [2.24, 2.45) is 4.99 Å². The number of benzene rings is 3. The molecule has 4 aromatic rings. The van der Waals surface area contributed by atoms with Crippen molar-refractivity contribution in [1.29, 1.82) is 0 Å². The third-order valence-corrected chi connectivity index (χ3v) is 4.24. The zero-order valence-corrected chi connectivity index (χ0v) is 15.0. The van der Waals surface area contributed by atoms with Crippen molar-refractivity contribution in [1.82, 2.24) is 9.78 Å². The molecule has 0 aliphatic heterocycles. The SMILES string of the molecule is COc1ccc(/N=C/c2cn(-c3ccccc3)nc2-c2ccccc2)cc1. The first-order chi connectivity index (χ1) is 13.3. The third-order valence-electron chi connectivity index (χ3n) is 4.24. The number of nitrogens with zero attached hydrogens (tertiary/aromatic N) is 3. The van der Waals surface area contributed by atoms with Gasteiger partial charge in [-0.3, -0.25) is 4.99 Å². The molecule has 0 unspecified atom stereocenters. The Hall–Kier alpha value is -3.66. The lowest BCUT2D eigenvalue weighted by Gasteiger charge is -2.00. The first-order valence-electron chi connectivity index (χ1n) is 8.72. The van der Waals surface area contributed by atoms with Gasteiger partial charge in [-0.05, 0) is 36.4 Å². The predicted octanol–water partition coefficient (Wildman–Crippen LogP) is 5.30. The van der Waals surface area contributed by atoms with Crippen LogP contribution in [0.15, 0.2) is 96.1 Å². The Morgan fingerprint density at radius 3 is 2.19 bits per heavy atom. The van der Waals surface area contributed by atoms with Crippen molar-refractivity contribution in [3.8, 4) is 22.7 Å². The van der Waals surface area contributed by atoms with E-state index in [1.807, 2.05) is 89.9 Å².